The Morgan fingerprint density at radius 2 is 2.05 bits per heavy atom. The SMILES string of the molecule is CCn1nccc1CN[C@@H](CO)Cc1ccccc1. The second kappa shape index (κ2) is 7.07. The maximum Gasteiger partial charge on any atom is 0.0588 e. The molecule has 0 radical (unpaired) electrons. The molecule has 2 N–H and O–H groups in total. The van der Waals surface area contributed by atoms with Crippen LogP contribution >= 0.6 is 0 Å². The van der Waals surface area contributed by atoms with Gasteiger partial charge < -0.3 is 10.4 Å². The summed E-state index contributed by atoms with van der Waals surface area (Å²) in [7, 11) is 0. The molecule has 2 aromatic rings. The standard InChI is InChI=1S/C15H21N3O/c1-2-18-15(8-9-17-18)11-16-14(12-19)10-13-6-4-3-5-7-13/h3-9,14,16,19H,2,10-12H2,1H3/t14-/m1/s1. The molecule has 1 aromatic heterocycles. The Bertz CT molecular complexity index is 481. The normalized spacial score (nSPS) is 12.5. The number of nitrogens with one attached hydrogen (secondary N) is 1. The van der Waals surface area contributed by atoms with E-state index in [2.05, 4.69) is 29.5 Å². The Morgan fingerprint density at radius 3 is 2.74 bits per heavy atom. The van der Waals surface area contributed by atoms with Gasteiger partial charge in [-0.1, -0.05) is 30.3 Å². The zero-order valence-corrected chi connectivity index (χ0v) is 11.3. The molecule has 0 aliphatic carbocycles. The van der Waals surface area contributed by atoms with Crippen molar-refractivity contribution >= 4 is 0 Å². The van der Waals surface area contributed by atoms with E-state index in [1.165, 1.54) is 5.56 Å². The van der Waals surface area contributed by atoms with Crippen molar-refractivity contribution in [2.45, 2.75) is 32.5 Å². The number of aryl methyl sites for hydroxylation is 1. The second-order valence-corrected chi connectivity index (χ2v) is 4.59. The number of hydrogen-bond donors (Lipinski definition) is 2. The molecular weight excluding hydrogens is 238 g/mol. The zero-order valence-electron chi connectivity index (χ0n) is 11.3. The average Bonchev–Trinajstić information content (AvgIpc) is 2.92. The average molecular weight is 259 g/mol. The highest BCUT2D eigenvalue weighted by molar-refractivity contribution is 5.16. The minimum absolute atomic E-state index is 0.0719. The summed E-state index contributed by atoms with van der Waals surface area (Å²) in [5.74, 6) is 0. The monoisotopic (exact) mass is 259 g/mol. The number of aliphatic hydroxyl groups is 1. The van der Waals surface area contributed by atoms with E-state index >= 15 is 0 Å². The molecule has 19 heavy (non-hydrogen) atoms. The third-order valence-electron chi connectivity index (χ3n) is 3.22. The van der Waals surface area contributed by atoms with E-state index in [0.29, 0.717) is 0 Å². The Morgan fingerprint density at radius 1 is 1.26 bits per heavy atom. The summed E-state index contributed by atoms with van der Waals surface area (Å²) >= 11 is 0. The molecule has 102 valence electrons. The van der Waals surface area contributed by atoms with Crippen molar-refractivity contribution < 1.29 is 5.11 Å². The highest BCUT2D eigenvalue weighted by Crippen LogP contribution is 2.04. The summed E-state index contributed by atoms with van der Waals surface area (Å²) in [4.78, 5) is 0. The van der Waals surface area contributed by atoms with Crippen molar-refractivity contribution in [3.8, 4) is 0 Å². The largest absolute Gasteiger partial charge is 0.395 e. The number of aliphatic hydroxyl groups excluding tert-OH is 1. The smallest absolute Gasteiger partial charge is 0.0588 e. The van der Waals surface area contributed by atoms with E-state index in [-0.39, 0.29) is 12.6 Å². The van der Waals surface area contributed by atoms with Crippen LogP contribution in [0.2, 0.25) is 0 Å². The first-order valence-electron chi connectivity index (χ1n) is 6.72. The highest BCUT2D eigenvalue weighted by atomic mass is 16.3. The molecule has 0 saturated carbocycles. The maximum absolute atomic E-state index is 9.46. The Balaban J connectivity index is 1.89. The predicted octanol–water partition coefficient (Wildman–Crippen LogP) is 1.60. The fraction of sp³-hybridized carbons (Fsp3) is 0.400. The van der Waals surface area contributed by atoms with Gasteiger partial charge in [0.15, 0.2) is 0 Å². The molecule has 1 atom stereocenters. The van der Waals surface area contributed by atoms with Gasteiger partial charge in [-0.3, -0.25) is 4.68 Å². The topological polar surface area (TPSA) is 50.1 Å². The van der Waals surface area contributed by atoms with Gasteiger partial charge in [0.1, 0.15) is 0 Å². The molecule has 1 heterocycles. The van der Waals surface area contributed by atoms with Gasteiger partial charge >= 0.3 is 0 Å². The molecule has 0 unspecified atom stereocenters. The van der Waals surface area contributed by atoms with Crippen LogP contribution in [0.1, 0.15) is 18.2 Å². The molecule has 0 aliphatic heterocycles. The van der Waals surface area contributed by atoms with Gasteiger partial charge in [0.25, 0.3) is 0 Å². The molecule has 2 rings (SSSR count). The van der Waals surface area contributed by atoms with E-state index in [1.807, 2.05) is 35.1 Å². The van der Waals surface area contributed by atoms with Gasteiger partial charge in [-0.05, 0) is 25.0 Å². The minimum Gasteiger partial charge on any atom is -0.395 e. The van der Waals surface area contributed by atoms with Crippen LogP contribution in [0.15, 0.2) is 42.6 Å². The van der Waals surface area contributed by atoms with Crippen LogP contribution in [0, 0.1) is 0 Å². The van der Waals surface area contributed by atoms with Crippen molar-refractivity contribution in [2.24, 2.45) is 0 Å². The molecule has 0 saturated heterocycles. The molecule has 4 nitrogen and oxygen atoms in total. The van der Waals surface area contributed by atoms with Crippen LogP contribution in [-0.2, 0) is 19.5 Å². The third-order valence-corrected chi connectivity index (χ3v) is 3.22. The lowest BCUT2D eigenvalue weighted by atomic mass is 10.1. The summed E-state index contributed by atoms with van der Waals surface area (Å²) in [6, 6.07) is 12.3. The first-order valence-corrected chi connectivity index (χ1v) is 6.72. The highest BCUT2D eigenvalue weighted by Gasteiger charge is 2.09. The fourth-order valence-corrected chi connectivity index (χ4v) is 2.14. The molecule has 0 aliphatic rings. The van der Waals surface area contributed by atoms with E-state index < -0.39 is 0 Å². The molecule has 0 amide bonds. The van der Waals surface area contributed by atoms with Crippen molar-refractivity contribution in [3.05, 3.63) is 53.9 Å². The maximum atomic E-state index is 9.46. The quantitative estimate of drug-likeness (QED) is 0.794. The number of aromatic nitrogens is 2. The van der Waals surface area contributed by atoms with E-state index in [4.69, 9.17) is 0 Å². The van der Waals surface area contributed by atoms with Crippen LogP contribution in [0.3, 0.4) is 0 Å². The van der Waals surface area contributed by atoms with Crippen molar-refractivity contribution in [1.29, 1.82) is 0 Å². The van der Waals surface area contributed by atoms with Gasteiger partial charge in [0, 0.05) is 25.3 Å². The zero-order chi connectivity index (χ0) is 13.5. The molecule has 0 spiro atoms. The number of nitrogens with zero attached hydrogens (tertiary/aromatic N) is 2. The van der Waals surface area contributed by atoms with E-state index in [9.17, 15) is 5.11 Å². The Hall–Kier alpha value is -1.65. The van der Waals surface area contributed by atoms with Crippen molar-refractivity contribution in [1.82, 2.24) is 15.1 Å². The second-order valence-electron chi connectivity index (χ2n) is 4.59. The minimum atomic E-state index is 0.0719. The van der Waals surface area contributed by atoms with Gasteiger partial charge in [0.2, 0.25) is 0 Å². The Labute approximate surface area is 114 Å². The lowest BCUT2D eigenvalue weighted by Crippen LogP contribution is -2.34. The fourth-order valence-electron chi connectivity index (χ4n) is 2.14. The molecule has 0 bridgehead atoms. The summed E-state index contributed by atoms with van der Waals surface area (Å²) in [6.45, 7) is 3.80. The predicted molar refractivity (Wildman–Crippen MR) is 75.8 cm³/mol. The van der Waals surface area contributed by atoms with Crippen molar-refractivity contribution in [2.75, 3.05) is 6.61 Å². The van der Waals surface area contributed by atoms with Crippen LogP contribution in [-0.4, -0.2) is 27.5 Å². The number of rotatable bonds is 7. The molecule has 1 aromatic carbocycles. The molecular formula is C15H21N3O. The summed E-state index contributed by atoms with van der Waals surface area (Å²) < 4.78 is 1.96. The summed E-state index contributed by atoms with van der Waals surface area (Å²) in [5.41, 5.74) is 2.38. The summed E-state index contributed by atoms with van der Waals surface area (Å²) in [5, 5.41) is 17.1. The third kappa shape index (κ3) is 3.91. The van der Waals surface area contributed by atoms with E-state index in [0.717, 1.165) is 25.2 Å². The van der Waals surface area contributed by atoms with Gasteiger partial charge in [-0.15, -0.1) is 0 Å². The van der Waals surface area contributed by atoms with Crippen LogP contribution in [0.25, 0.3) is 0 Å². The number of benzene rings is 1. The van der Waals surface area contributed by atoms with Crippen LogP contribution in [0.5, 0.6) is 0 Å². The first kappa shape index (κ1) is 13.8. The van der Waals surface area contributed by atoms with Crippen LogP contribution < -0.4 is 5.32 Å². The van der Waals surface area contributed by atoms with Gasteiger partial charge in [-0.25, -0.2) is 0 Å². The first-order chi connectivity index (χ1) is 9.33. The number of hydrogen-bond acceptors (Lipinski definition) is 3. The Kier molecular flexibility index (Phi) is 5.12. The molecule has 0 fully saturated rings. The van der Waals surface area contributed by atoms with Crippen molar-refractivity contribution in [3.63, 3.8) is 0 Å². The lowest BCUT2D eigenvalue weighted by molar-refractivity contribution is 0.240. The van der Waals surface area contributed by atoms with Crippen LogP contribution in [0.4, 0.5) is 0 Å². The summed E-state index contributed by atoms with van der Waals surface area (Å²) in [6.07, 6.45) is 2.64. The van der Waals surface area contributed by atoms with Gasteiger partial charge in [0.05, 0.1) is 12.3 Å². The molecule has 4 heteroatoms. The van der Waals surface area contributed by atoms with Gasteiger partial charge in [-0.2, -0.15) is 5.10 Å². The van der Waals surface area contributed by atoms with E-state index in [1.54, 1.807) is 0 Å². The lowest BCUT2D eigenvalue weighted by Gasteiger charge is -2.16.